The smallest absolute Gasteiger partial charge is 0.270 e. The summed E-state index contributed by atoms with van der Waals surface area (Å²) in [6.45, 7) is 9.24. The average Bonchev–Trinajstić information content (AvgIpc) is 3.11. The maximum atomic E-state index is 13.3. The maximum absolute atomic E-state index is 13.3. The fraction of sp³-hybridized carbons (Fsp3) is 0.227. The first-order valence-corrected chi connectivity index (χ1v) is 9.06. The van der Waals surface area contributed by atoms with Crippen molar-refractivity contribution in [2.75, 3.05) is 0 Å². The molecule has 0 radical (unpaired) electrons. The molecule has 0 saturated carbocycles. The Morgan fingerprint density at radius 2 is 1.86 bits per heavy atom. The van der Waals surface area contributed by atoms with E-state index in [1.165, 1.54) is 18.4 Å². The molecule has 2 aromatic rings. The van der Waals surface area contributed by atoms with Crippen LogP contribution < -0.4 is 10.6 Å². The molecular formula is C22H24FN3O3. The molecule has 1 aromatic heterocycles. The summed E-state index contributed by atoms with van der Waals surface area (Å²) < 4.78 is 18.7. The Morgan fingerprint density at radius 1 is 1.14 bits per heavy atom. The zero-order valence-corrected chi connectivity index (χ0v) is 16.7. The van der Waals surface area contributed by atoms with E-state index in [2.05, 4.69) is 22.2 Å². The van der Waals surface area contributed by atoms with Gasteiger partial charge in [0.2, 0.25) is 0 Å². The van der Waals surface area contributed by atoms with Crippen LogP contribution in [0.2, 0.25) is 0 Å². The van der Waals surface area contributed by atoms with Gasteiger partial charge in [-0.25, -0.2) is 4.39 Å². The quantitative estimate of drug-likeness (QED) is 0.406. The van der Waals surface area contributed by atoms with Crippen molar-refractivity contribution in [3.8, 4) is 0 Å². The van der Waals surface area contributed by atoms with E-state index < -0.39 is 11.8 Å². The van der Waals surface area contributed by atoms with Crippen LogP contribution in [0.1, 0.15) is 29.6 Å². The number of carbonyl (C=O) groups is 2. The summed E-state index contributed by atoms with van der Waals surface area (Å²) in [5, 5.41) is 5.38. The summed E-state index contributed by atoms with van der Waals surface area (Å²) in [5.74, 6) is 0.154. The topological polar surface area (TPSA) is 83.7 Å². The number of benzene rings is 1. The third kappa shape index (κ3) is 6.57. The molecule has 29 heavy (non-hydrogen) atoms. The Hall–Kier alpha value is -3.48. The molecule has 2 amide bonds. The molecule has 0 spiro atoms. The summed E-state index contributed by atoms with van der Waals surface area (Å²) in [5.41, 5.74) is 1.38. The third-order valence-electron chi connectivity index (χ3n) is 4.00. The highest BCUT2D eigenvalue weighted by Crippen LogP contribution is 2.10. The Bertz CT molecular complexity index is 973. The number of halogens is 1. The minimum atomic E-state index is -0.472. The Balaban J connectivity index is 1.98. The van der Waals surface area contributed by atoms with Crippen LogP contribution in [0.3, 0.4) is 0 Å². The van der Waals surface area contributed by atoms with Gasteiger partial charge in [0.05, 0.1) is 6.54 Å². The van der Waals surface area contributed by atoms with Crippen molar-refractivity contribution in [3.05, 3.63) is 82.7 Å². The monoisotopic (exact) mass is 397 g/mol. The van der Waals surface area contributed by atoms with E-state index in [0.717, 1.165) is 11.3 Å². The molecule has 0 aliphatic rings. The summed E-state index contributed by atoms with van der Waals surface area (Å²) in [6.07, 6.45) is 2.76. The minimum Gasteiger partial charge on any atom is -0.465 e. The van der Waals surface area contributed by atoms with E-state index in [1.54, 1.807) is 38.1 Å². The van der Waals surface area contributed by atoms with Gasteiger partial charge >= 0.3 is 0 Å². The highest BCUT2D eigenvalue weighted by atomic mass is 19.1. The maximum Gasteiger partial charge on any atom is 0.270 e. The lowest BCUT2D eigenvalue weighted by Gasteiger charge is -2.08. The number of aryl methyl sites for hydroxylation is 2. The number of hydrogen-bond acceptors (Lipinski definition) is 4. The van der Waals surface area contributed by atoms with E-state index >= 15 is 0 Å². The highest BCUT2D eigenvalue weighted by molar-refractivity contribution is 6.00. The van der Waals surface area contributed by atoms with Crippen LogP contribution in [0, 0.1) is 19.7 Å². The average molecular weight is 397 g/mol. The van der Waals surface area contributed by atoms with Crippen LogP contribution in [0.15, 0.2) is 63.7 Å². The first-order chi connectivity index (χ1) is 13.8. The van der Waals surface area contributed by atoms with Crippen LogP contribution in [-0.2, 0) is 22.7 Å². The number of amides is 2. The van der Waals surface area contributed by atoms with Gasteiger partial charge < -0.3 is 15.1 Å². The van der Waals surface area contributed by atoms with Crippen molar-refractivity contribution in [1.29, 1.82) is 0 Å². The van der Waals surface area contributed by atoms with Crippen LogP contribution in [-0.4, -0.2) is 18.0 Å². The summed E-state index contributed by atoms with van der Waals surface area (Å²) in [7, 11) is 0. The van der Waals surface area contributed by atoms with Gasteiger partial charge in [-0.2, -0.15) is 0 Å². The number of hydrogen-bond donors (Lipinski definition) is 2. The van der Waals surface area contributed by atoms with Gasteiger partial charge in [-0.05, 0) is 56.2 Å². The van der Waals surface area contributed by atoms with Crippen molar-refractivity contribution in [2.45, 2.75) is 33.9 Å². The van der Waals surface area contributed by atoms with E-state index in [1.807, 2.05) is 6.92 Å². The summed E-state index contributed by atoms with van der Waals surface area (Å²) >= 11 is 0. The van der Waals surface area contributed by atoms with E-state index in [0.29, 0.717) is 11.3 Å². The fourth-order valence-corrected chi connectivity index (χ4v) is 2.48. The van der Waals surface area contributed by atoms with Crippen molar-refractivity contribution in [3.63, 3.8) is 0 Å². The van der Waals surface area contributed by atoms with Crippen LogP contribution in [0.25, 0.3) is 0 Å². The predicted molar refractivity (Wildman–Crippen MR) is 110 cm³/mol. The van der Waals surface area contributed by atoms with Gasteiger partial charge in [-0.15, -0.1) is 0 Å². The lowest BCUT2D eigenvalue weighted by molar-refractivity contribution is -0.117. The Kier molecular flexibility index (Phi) is 7.65. The molecule has 0 bridgehead atoms. The van der Waals surface area contributed by atoms with Crippen LogP contribution >= 0.6 is 0 Å². The Morgan fingerprint density at radius 3 is 2.48 bits per heavy atom. The van der Waals surface area contributed by atoms with Crippen LogP contribution in [0.4, 0.5) is 4.39 Å². The van der Waals surface area contributed by atoms with Gasteiger partial charge in [-0.3, -0.25) is 14.6 Å². The third-order valence-corrected chi connectivity index (χ3v) is 4.00. The van der Waals surface area contributed by atoms with E-state index in [-0.39, 0.29) is 30.2 Å². The normalized spacial score (nSPS) is 11.5. The molecule has 0 unspecified atom stereocenters. The molecule has 7 heteroatoms. The Labute approximate surface area is 169 Å². The van der Waals surface area contributed by atoms with E-state index in [4.69, 9.17) is 4.42 Å². The molecule has 6 nitrogen and oxygen atoms in total. The first kappa shape index (κ1) is 21.8. The van der Waals surface area contributed by atoms with Gasteiger partial charge in [0.25, 0.3) is 11.8 Å². The van der Waals surface area contributed by atoms with Gasteiger partial charge in [-0.1, -0.05) is 18.7 Å². The van der Waals surface area contributed by atoms with Crippen molar-refractivity contribution < 1.29 is 18.4 Å². The molecule has 0 atom stereocenters. The molecule has 1 aromatic carbocycles. The molecule has 0 aliphatic heterocycles. The fourth-order valence-electron chi connectivity index (χ4n) is 2.48. The second-order valence-corrected chi connectivity index (χ2v) is 6.40. The number of nitrogens with one attached hydrogen (secondary N) is 2. The second kappa shape index (κ2) is 10.2. The molecule has 2 rings (SSSR count). The van der Waals surface area contributed by atoms with Gasteiger partial charge in [0.15, 0.2) is 0 Å². The molecule has 0 fully saturated rings. The molecule has 152 valence electrons. The minimum absolute atomic E-state index is 0.0420. The number of aliphatic imine (C=N–C) groups is 1. The lowest BCUT2D eigenvalue weighted by Crippen LogP contribution is -2.26. The molecule has 0 aliphatic carbocycles. The molecule has 0 saturated heterocycles. The summed E-state index contributed by atoms with van der Waals surface area (Å²) in [6, 6.07) is 8.18. The highest BCUT2D eigenvalue weighted by Gasteiger charge is 2.12. The second-order valence-electron chi connectivity index (χ2n) is 6.40. The zero-order valence-electron chi connectivity index (χ0n) is 16.7. The van der Waals surface area contributed by atoms with Gasteiger partial charge in [0, 0.05) is 18.3 Å². The number of furan rings is 1. The summed E-state index contributed by atoms with van der Waals surface area (Å²) in [4.78, 5) is 28.7. The first-order valence-electron chi connectivity index (χ1n) is 9.06. The standard InChI is InChI=1S/C22H24FN3O3/c1-5-24-20(22(28)25-12-17-7-9-19(23)14(2)10-17)11-15(3)21(27)26-13-18-8-6-16(4)29-18/h5-11H,3,12-13H2,1-2,4H3,(H,25,28)(H,26,27)/b20-11-,24-5?. The van der Waals surface area contributed by atoms with Crippen molar-refractivity contribution >= 4 is 18.0 Å². The number of rotatable bonds is 8. The molecule has 1 heterocycles. The lowest BCUT2D eigenvalue weighted by atomic mass is 10.1. The number of nitrogens with zero attached hydrogens (tertiary/aromatic N) is 1. The van der Waals surface area contributed by atoms with E-state index in [9.17, 15) is 14.0 Å². The predicted octanol–water partition coefficient (Wildman–Crippen LogP) is 3.50. The zero-order chi connectivity index (χ0) is 21.4. The van der Waals surface area contributed by atoms with Gasteiger partial charge in [0.1, 0.15) is 23.0 Å². The molecular weight excluding hydrogens is 373 g/mol. The largest absolute Gasteiger partial charge is 0.465 e. The van der Waals surface area contributed by atoms with Crippen molar-refractivity contribution in [1.82, 2.24) is 10.6 Å². The number of carbonyl (C=O) groups excluding carboxylic acids is 2. The van der Waals surface area contributed by atoms with Crippen molar-refractivity contribution in [2.24, 2.45) is 4.99 Å². The van der Waals surface area contributed by atoms with Crippen LogP contribution in [0.5, 0.6) is 0 Å². The SMILES string of the molecule is C=C(/C=C(\N=CC)C(=O)NCc1ccc(F)c(C)c1)C(=O)NCc1ccc(C)o1. The molecule has 2 N–H and O–H groups in total.